The highest BCUT2D eigenvalue weighted by atomic mass is 35.5. The van der Waals surface area contributed by atoms with Crippen LogP contribution in [-0.4, -0.2) is 24.1 Å². The highest BCUT2D eigenvalue weighted by Gasteiger charge is 1.93. The molecule has 0 aliphatic heterocycles. The highest BCUT2D eigenvalue weighted by molar-refractivity contribution is 6.29. The van der Waals surface area contributed by atoms with E-state index < -0.39 is 0 Å². The Kier molecular flexibility index (Phi) is 2.68. The number of hydrazine groups is 1. The summed E-state index contributed by atoms with van der Waals surface area (Å²) >= 11 is 5.66. The van der Waals surface area contributed by atoms with Gasteiger partial charge < -0.3 is 5.43 Å². The molecule has 0 aromatic carbocycles. The molecule has 1 rings (SSSR count). The molecule has 1 aromatic heterocycles. The number of pyridine rings is 1. The number of nitrogens with zero attached hydrogens (tertiary/aromatic N) is 2. The Morgan fingerprint density at radius 3 is 2.73 bits per heavy atom. The monoisotopic (exact) mass is 171 g/mol. The van der Waals surface area contributed by atoms with E-state index in [1.807, 2.05) is 26.2 Å². The van der Waals surface area contributed by atoms with E-state index in [1.54, 1.807) is 11.1 Å². The van der Waals surface area contributed by atoms with Gasteiger partial charge in [0.2, 0.25) is 0 Å². The van der Waals surface area contributed by atoms with Crippen molar-refractivity contribution in [3.05, 3.63) is 23.4 Å². The van der Waals surface area contributed by atoms with Gasteiger partial charge in [-0.15, -0.1) is 0 Å². The molecule has 0 bridgehead atoms. The molecule has 1 heterocycles. The number of hydrogen-bond donors (Lipinski definition) is 1. The van der Waals surface area contributed by atoms with Gasteiger partial charge in [-0.25, -0.2) is 9.99 Å². The number of hydrogen-bond acceptors (Lipinski definition) is 3. The van der Waals surface area contributed by atoms with E-state index in [0.717, 1.165) is 5.82 Å². The molecule has 0 unspecified atom stereocenters. The topological polar surface area (TPSA) is 28.2 Å². The van der Waals surface area contributed by atoms with Gasteiger partial charge >= 0.3 is 0 Å². The lowest BCUT2D eigenvalue weighted by Gasteiger charge is -2.11. The van der Waals surface area contributed by atoms with Gasteiger partial charge in [-0.05, 0) is 12.1 Å². The van der Waals surface area contributed by atoms with Gasteiger partial charge in [0.25, 0.3) is 0 Å². The zero-order valence-corrected chi connectivity index (χ0v) is 7.26. The molecular formula is C7H10ClN3. The number of rotatable bonds is 2. The van der Waals surface area contributed by atoms with Crippen LogP contribution in [-0.2, 0) is 0 Å². The average molecular weight is 172 g/mol. The van der Waals surface area contributed by atoms with Gasteiger partial charge in [0.1, 0.15) is 11.0 Å². The molecule has 3 nitrogen and oxygen atoms in total. The van der Waals surface area contributed by atoms with Crippen LogP contribution in [0.4, 0.5) is 5.82 Å². The maximum Gasteiger partial charge on any atom is 0.142 e. The Morgan fingerprint density at radius 1 is 1.45 bits per heavy atom. The number of nitrogens with one attached hydrogen (secondary N) is 1. The second-order valence-corrected chi connectivity index (χ2v) is 2.74. The first-order valence-corrected chi connectivity index (χ1v) is 3.63. The van der Waals surface area contributed by atoms with Crippen molar-refractivity contribution in [2.75, 3.05) is 19.5 Å². The van der Waals surface area contributed by atoms with Gasteiger partial charge in [-0.2, -0.15) is 0 Å². The minimum absolute atomic E-state index is 0.497. The summed E-state index contributed by atoms with van der Waals surface area (Å²) in [5.41, 5.74) is 2.98. The van der Waals surface area contributed by atoms with E-state index in [0.29, 0.717) is 5.15 Å². The van der Waals surface area contributed by atoms with Gasteiger partial charge in [-0.1, -0.05) is 17.7 Å². The fraction of sp³-hybridized carbons (Fsp3) is 0.286. The van der Waals surface area contributed by atoms with E-state index in [2.05, 4.69) is 10.4 Å². The van der Waals surface area contributed by atoms with Crippen molar-refractivity contribution in [2.24, 2.45) is 0 Å². The molecule has 0 aliphatic rings. The minimum Gasteiger partial charge on any atom is -0.304 e. The summed E-state index contributed by atoms with van der Waals surface area (Å²) in [5, 5.41) is 2.30. The molecule has 0 amide bonds. The summed E-state index contributed by atoms with van der Waals surface area (Å²) in [6.45, 7) is 0. The van der Waals surface area contributed by atoms with Crippen LogP contribution in [0.3, 0.4) is 0 Å². The summed E-state index contributed by atoms with van der Waals surface area (Å²) in [7, 11) is 3.78. The standard InChI is InChI=1S/C7H10ClN3/c1-11(2)10-7-5-3-4-6(8)9-7/h3-5H,1-2H3,(H,9,10). The Labute approximate surface area is 71.0 Å². The zero-order valence-electron chi connectivity index (χ0n) is 6.50. The number of anilines is 1. The largest absolute Gasteiger partial charge is 0.304 e. The third kappa shape index (κ3) is 2.74. The Bertz CT molecular complexity index is 237. The number of aromatic nitrogens is 1. The first-order chi connectivity index (χ1) is 5.18. The second kappa shape index (κ2) is 3.55. The minimum atomic E-state index is 0.497. The Hall–Kier alpha value is -0.800. The number of halogens is 1. The summed E-state index contributed by atoms with van der Waals surface area (Å²) in [6.07, 6.45) is 0. The van der Waals surface area contributed by atoms with E-state index in [-0.39, 0.29) is 0 Å². The summed E-state index contributed by atoms with van der Waals surface area (Å²) in [4.78, 5) is 4.03. The molecule has 0 saturated heterocycles. The lowest BCUT2D eigenvalue weighted by atomic mass is 10.5. The van der Waals surface area contributed by atoms with Gasteiger partial charge in [-0.3, -0.25) is 0 Å². The Morgan fingerprint density at radius 2 is 2.18 bits per heavy atom. The maximum atomic E-state index is 5.66. The van der Waals surface area contributed by atoms with Crippen LogP contribution in [0.1, 0.15) is 0 Å². The summed E-state index contributed by atoms with van der Waals surface area (Å²) < 4.78 is 0. The molecule has 0 aliphatic carbocycles. The molecule has 1 aromatic rings. The summed E-state index contributed by atoms with van der Waals surface area (Å²) in [6, 6.07) is 5.44. The predicted molar refractivity (Wildman–Crippen MR) is 46.6 cm³/mol. The molecule has 11 heavy (non-hydrogen) atoms. The second-order valence-electron chi connectivity index (χ2n) is 2.35. The van der Waals surface area contributed by atoms with Crippen molar-refractivity contribution in [1.82, 2.24) is 9.99 Å². The molecule has 0 saturated carbocycles. The van der Waals surface area contributed by atoms with Crippen LogP contribution >= 0.6 is 11.6 Å². The predicted octanol–water partition coefficient (Wildman–Crippen LogP) is 1.62. The van der Waals surface area contributed by atoms with Crippen LogP contribution < -0.4 is 5.43 Å². The van der Waals surface area contributed by atoms with Gasteiger partial charge in [0.15, 0.2) is 0 Å². The van der Waals surface area contributed by atoms with Crippen molar-refractivity contribution in [2.45, 2.75) is 0 Å². The third-order valence-corrected chi connectivity index (χ3v) is 1.26. The van der Waals surface area contributed by atoms with E-state index in [9.17, 15) is 0 Å². The van der Waals surface area contributed by atoms with Crippen molar-refractivity contribution in [3.8, 4) is 0 Å². The lowest BCUT2D eigenvalue weighted by Crippen LogP contribution is -2.20. The molecule has 0 radical (unpaired) electrons. The van der Waals surface area contributed by atoms with Gasteiger partial charge in [0, 0.05) is 14.1 Å². The fourth-order valence-corrected chi connectivity index (χ4v) is 0.863. The smallest absolute Gasteiger partial charge is 0.142 e. The van der Waals surface area contributed by atoms with Crippen LogP contribution in [0.25, 0.3) is 0 Å². The molecule has 0 spiro atoms. The Balaban J connectivity index is 2.71. The van der Waals surface area contributed by atoms with Crippen molar-refractivity contribution in [1.29, 1.82) is 0 Å². The molecule has 4 heteroatoms. The van der Waals surface area contributed by atoms with Crippen molar-refractivity contribution in [3.63, 3.8) is 0 Å². The van der Waals surface area contributed by atoms with E-state index >= 15 is 0 Å². The molecule has 0 fully saturated rings. The highest BCUT2D eigenvalue weighted by Crippen LogP contribution is 2.08. The third-order valence-electron chi connectivity index (χ3n) is 1.05. The van der Waals surface area contributed by atoms with E-state index in [1.165, 1.54) is 0 Å². The molecule has 60 valence electrons. The van der Waals surface area contributed by atoms with Crippen LogP contribution in [0.15, 0.2) is 18.2 Å². The fourth-order valence-electron chi connectivity index (χ4n) is 0.700. The van der Waals surface area contributed by atoms with E-state index in [4.69, 9.17) is 11.6 Å². The summed E-state index contributed by atoms with van der Waals surface area (Å²) in [5.74, 6) is 0.752. The van der Waals surface area contributed by atoms with Crippen LogP contribution in [0.2, 0.25) is 5.15 Å². The van der Waals surface area contributed by atoms with Crippen molar-refractivity contribution >= 4 is 17.4 Å². The van der Waals surface area contributed by atoms with Crippen LogP contribution in [0, 0.1) is 0 Å². The average Bonchev–Trinajstić information content (AvgIpc) is 1.85. The first kappa shape index (κ1) is 8.30. The normalized spacial score (nSPS) is 10.2. The SMILES string of the molecule is CN(C)Nc1cccc(Cl)n1. The molecule has 0 atom stereocenters. The lowest BCUT2D eigenvalue weighted by molar-refractivity contribution is 0.492. The maximum absolute atomic E-state index is 5.66. The molecule has 1 N–H and O–H groups in total. The van der Waals surface area contributed by atoms with Crippen LogP contribution in [0.5, 0.6) is 0 Å². The zero-order chi connectivity index (χ0) is 8.27. The first-order valence-electron chi connectivity index (χ1n) is 3.25. The molecular weight excluding hydrogens is 162 g/mol. The van der Waals surface area contributed by atoms with Crippen molar-refractivity contribution < 1.29 is 0 Å². The van der Waals surface area contributed by atoms with Gasteiger partial charge in [0.05, 0.1) is 0 Å². The quantitative estimate of drug-likeness (QED) is 0.542.